The van der Waals surface area contributed by atoms with Crippen molar-refractivity contribution in [2.45, 2.75) is 84.5 Å². The minimum absolute atomic E-state index is 0.132. The molecule has 0 saturated heterocycles. The van der Waals surface area contributed by atoms with E-state index in [4.69, 9.17) is 5.73 Å². The highest BCUT2D eigenvalue weighted by atomic mass is 19.4. The Kier molecular flexibility index (Phi) is 9.76. The Bertz CT molecular complexity index is 1570. The van der Waals surface area contributed by atoms with Gasteiger partial charge in [0.25, 0.3) is 0 Å². The van der Waals surface area contributed by atoms with Crippen LogP contribution in [0.25, 0.3) is 22.2 Å². The number of hydrogen-bond donors (Lipinski definition) is 2. The van der Waals surface area contributed by atoms with E-state index in [-0.39, 0.29) is 23.1 Å². The molecule has 230 valence electrons. The second-order valence-corrected chi connectivity index (χ2v) is 10.5. The minimum atomic E-state index is -4.64. The molecule has 0 spiro atoms. The normalized spacial score (nSPS) is 12.2. The van der Waals surface area contributed by atoms with Crippen molar-refractivity contribution in [3.05, 3.63) is 64.6 Å². The lowest BCUT2D eigenvalue weighted by molar-refractivity contribution is -0.141. The molecule has 0 unspecified atom stereocenters. The van der Waals surface area contributed by atoms with E-state index in [1.54, 1.807) is 6.92 Å². The van der Waals surface area contributed by atoms with Crippen LogP contribution in [0.4, 0.5) is 43.8 Å². The first-order valence-corrected chi connectivity index (χ1v) is 14.3. The molecule has 0 aliphatic carbocycles. The molecule has 0 bridgehead atoms. The van der Waals surface area contributed by atoms with Crippen LogP contribution >= 0.6 is 0 Å². The van der Waals surface area contributed by atoms with Crippen LogP contribution < -0.4 is 11.1 Å². The molecule has 0 radical (unpaired) electrons. The third-order valence-electron chi connectivity index (χ3n) is 7.37. The van der Waals surface area contributed by atoms with E-state index in [1.165, 1.54) is 18.3 Å². The number of halogens is 6. The van der Waals surface area contributed by atoms with Crippen LogP contribution in [0.2, 0.25) is 0 Å². The standard InChI is InChI=1S/C31H34F6N6/c1-4-6-8-11-20-18(3)24-26(42-29(38)43-28(24)41-19-14-15-23(40-17-19)31(35,36)37)21(12-9-7-5-2)25(20)27-22(30(32,33)34)13-10-16-39-27/h10,13-17H,4-9,11-12H2,1-3H3,(H3,38,41,42,43). The molecule has 0 saturated carbocycles. The van der Waals surface area contributed by atoms with Gasteiger partial charge in [0.05, 0.1) is 28.7 Å². The summed E-state index contributed by atoms with van der Waals surface area (Å²) in [6, 6.07) is 4.39. The highest BCUT2D eigenvalue weighted by molar-refractivity contribution is 6.01. The van der Waals surface area contributed by atoms with E-state index >= 15 is 0 Å². The Morgan fingerprint density at radius 1 is 0.814 bits per heavy atom. The lowest BCUT2D eigenvalue weighted by Crippen LogP contribution is -2.13. The Morgan fingerprint density at radius 3 is 2.07 bits per heavy atom. The molecule has 12 heteroatoms. The van der Waals surface area contributed by atoms with Gasteiger partial charge in [-0.1, -0.05) is 39.5 Å². The molecule has 43 heavy (non-hydrogen) atoms. The van der Waals surface area contributed by atoms with Crippen molar-refractivity contribution in [1.82, 2.24) is 19.9 Å². The number of aromatic nitrogens is 4. The zero-order valence-corrected chi connectivity index (χ0v) is 24.3. The first-order chi connectivity index (χ1) is 20.4. The van der Waals surface area contributed by atoms with Crippen molar-refractivity contribution in [3.8, 4) is 11.3 Å². The van der Waals surface area contributed by atoms with Gasteiger partial charge in [-0.05, 0) is 73.6 Å². The summed E-state index contributed by atoms with van der Waals surface area (Å²) in [6.07, 6.45) is -0.967. The summed E-state index contributed by atoms with van der Waals surface area (Å²) in [6.45, 7) is 5.88. The number of hydrogen-bond acceptors (Lipinski definition) is 6. The fraction of sp³-hybridized carbons (Fsp3) is 0.419. The van der Waals surface area contributed by atoms with E-state index in [9.17, 15) is 26.3 Å². The highest BCUT2D eigenvalue weighted by Crippen LogP contribution is 2.44. The maximum Gasteiger partial charge on any atom is 0.433 e. The number of nitrogens with one attached hydrogen (secondary N) is 1. The molecule has 3 aromatic heterocycles. The van der Waals surface area contributed by atoms with Gasteiger partial charge < -0.3 is 11.1 Å². The van der Waals surface area contributed by atoms with Crippen molar-refractivity contribution in [3.63, 3.8) is 0 Å². The predicted octanol–water partition coefficient (Wildman–Crippen LogP) is 9.22. The summed E-state index contributed by atoms with van der Waals surface area (Å²) in [5.74, 6) is 0.103. The fourth-order valence-corrected chi connectivity index (χ4v) is 5.33. The summed E-state index contributed by atoms with van der Waals surface area (Å²) in [4.78, 5) is 16.7. The summed E-state index contributed by atoms with van der Waals surface area (Å²) in [5, 5.41) is 3.58. The molecule has 0 aliphatic heterocycles. The second-order valence-electron chi connectivity index (χ2n) is 10.5. The van der Waals surface area contributed by atoms with E-state index in [1.807, 2.05) is 13.8 Å². The maximum atomic E-state index is 14.3. The number of nitrogens with two attached hydrogens (primary N) is 1. The van der Waals surface area contributed by atoms with Crippen LogP contribution in [0.5, 0.6) is 0 Å². The molecule has 0 atom stereocenters. The van der Waals surface area contributed by atoms with Gasteiger partial charge in [0.2, 0.25) is 5.95 Å². The molecule has 4 rings (SSSR count). The number of anilines is 3. The fourth-order valence-electron chi connectivity index (χ4n) is 5.33. The third kappa shape index (κ3) is 7.17. The molecule has 0 aliphatic rings. The van der Waals surface area contributed by atoms with E-state index < -0.39 is 23.6 Å². The summed E-state index contributed by atoms with van der Waals surface area (Å²) in [5.41, 5.74) is 7.08. The van der Waals surface area contributed by atoms with Gasteiger partial charge >= 0.3 is 12.4 Å². The van der Waals surface area contributed by atoms with Crippen LogP contribution in [0.3, 0.4) is 0 Å². The largest absolute Gasteiger partial charge is 0.433 e. The number of benzene rings is 1. The van der Waals surface area contributed by atoms with Gasteiger partial charge in [-0.25, -0.2) is 9.97 Å². The van der Waals surface area contributed by atoms with Crippen LogP contribution in [0, 0.1) is 6.92 Å². The number of pyridine rings is 2. The third-order valence-corrected chi connectivity index (χ3v) is 7.37. The van der Waals surface area contributed by atoms with Crippen LogP contribution in [0.15, 0.2) is 36.7 Å². The van der Waals surface area contributed by atoms with Crippen LogP contribution in [-0.2, 0) is 25.2 Å². The molecule has 0 amide bonds. The van der Waals surface area contributed by atoms with Gasteiger partial charge in [0.15, 0.2) is 0 Å². The molecule has 1 aromatic carbocycles. The number of aryl methyl sites for hydroxylation is 2. The summed E-state index contributed by atoms with van der Waals surface area (Å²) in [7, 11) is 0. The lowest BCUT2D eigenvalue weighted by atomic mass is 9.84. The van der Waals surface area contributed by atoms with Gasteiger partial charge in [0, 0.05) is 17.1 Å². The molecule has 4 aromatic rings. The average Bonchev–Trinajstić information content (AvgIpc) is 2.94. The first kappa shape index (κ1) is 32.0. The maximum absolute atomic E-state index is 14.3. The van der Waals surface area contributed by atoms with Gasteiger partial charge in [-0.2, -0.15) is 31.3 Å². The van der Waals surface area contributed by atoms with E-state index in [2.05, 4.69) is 25.3 Å². The summed E-state index contributed by atoms with van der Waals surface area (Å²) >= 11 is 0. The van der Waals surface area contributed by atoms with Crippen molar-refractivity contribution in [1.29, 1.82) is 0 Å². The summed E-state index contributed by atoms with van der Waals surface area (Å²) < 4.78 is 82.2. The van der Waals surface area contributed by atoms with E-state index in [0.29, 0.717) is 52.4 Å². The minimum Gasteiger partial charge on any atom is -0.368 e. The predicted molar refractivity (Wildman–Crippen MR) is 156 cm³/mol. The zero-order valence-electron chi connectivity index (χ0n) is 24.3. The number of nitrogen functional groups attached to an aromatic ring is 1. The van der Waals surface area contributed by atoms with Crippen molar-refractivity contribution in [2.24, 2.45) is 0 Å². The molecule has 0 fully saturated rings. The molecule has 6 nitrogen and oxygen atoms in total. The average molecular weight is 605 g/mol. The van der Waals surface area contributed by atoms with Gasteiger partial charge in [0.1, 0.15) is 11.5 Å². The number of nitrogens with zero attached hydrogens (tertiary/aromatic N) is 4. The lowest BCUT2D eigenvalue weighted by Gasteiger charge is -2.24. The number of alkyl halides is 6. The smallest absolute Gasteiger partial charge is 0.368 e. The van der Waals surface area contributed by atoms with Crippen molar-refractivity contribution < 1.29 is 26.3 Å². The SMILES string of the molecule is CCCCCc1c(-c2ncccc2C(F)(F)F)c(CCCCC)c2nc(N)nc(Nc3ccc(C(F)(F)F)nc3)c2c1C. The van der Waals surface area contributed by atoms with Gasteiger partial charge in [-0.3, -0.25) is 4.98 Å². The van der Waals surface area contributed by atoms with Crippen molar-refractivity contribution >= 4 is 28.4 Å². The zero-order chi connectivity index (χ0) is 31.4. The van der Waals surface area contributed by atoms with Crippen LogP contribution in [-0.4, -0.2) is 19.9 Å². The Morgan fingerprint density at radius 2 is 1.49 bits per heavy atom. The Hall–Kier alpha value is -3.96. The second kappa shape index (κ2) is 13.1. The monoisotopic (exact) mass is 604 g/mol. The molecule has 3 N–H and O–H groups in total. The molecular formula is C31H34F6N6. The Balaban J connectivity index is 2.04. The molecule has 3 heterocycles. The number of fused-ring (bicyclic) bond motifs is 1. The highest BCUT2D eigenvalue weighted by Gasteiger charge is 2.36. The topological polar surface area (TPSA) is 89.6 Å². The van der Waals surface area contributed by atoms with Crippen LogP contribution in [0.1, 0.15) is 80.3 Å². The Labute approximate surface area is 246 Å². The number of rotatable bonds is 11. The number of unbranched alkanes of at least 4 members (excludes halogenated alkanes) is 4. The van der Waals surface area contributed by atoms with Crippen molar-refractivity contribution in [2.75, 3.05) is 11.1 Å². The quantitative estimate of drug-likeness (QED) is 0.131. The molecular weight excluding hydrogens is 570 g/mol. The van der Waals surface area contributed by atoms with Gasteiger partial charge in [-0.15, -0.1) is 0 Å². The van der Waals surface area contributed by atoms with E-state index in [0.717, 1.165) is 50.4 Å². The first-order valence-electron chi connectivity index (χ1n) is 14.3.